The normalized spacial score (nSPS) is 10.1. The lowest BCUT2D eigenvalue weighted by Gasteiger charge is -2.02. The number of aliphatic carboxylic acids is 1. The van der Waals surface area contributed by atoms with Gasteiger partial charge in [0.05, 0.1) is 0 Å². The third-order valence-corrected chi connectivity index (χ3v) is 1.89. The van der Waals surface area contributed by atoms with Gasteiger partial charge in [-0.25, -0.2) is 4.79 Å². The quantitative estimate of drug-likeness (QED) is 0.713. The maximum Gasteiger partial charge on any atom is 0.323 e. The molecule has 0 saturated heterocycles. The minimum absolute atomic E-state index is 0.348. The number of carbonyl (C=O) groups is 2. The van der Waals surface area contributed by atoms with E-state index in [-0.39, 0.29) is 6.54 Å². The van der Waals surface area contributed by atoms with E-state index in [1.54, 1.807) is 6.08 Å². The van der Waals surface area contributed by atoms with Crippen molar-refractivity contribution in [2.24, 2.45) is 0 Å². The first kappa shape index (κ1) is 12.8. The molecule has 1 aromatic rings. The van der Waals surface area contributed by atoms with Crippen LogP contribution in [0.2, 0.25) is 0 Å². The molecule has 0 aliphatic rings. The zero-order chi connectivity index (χ0) is 12.5. The van der Waals surface area contributed by atoms with Gasteiger partial charge < -0.3 is 15.7 Å². The smallest absolute Gasteiger partial charge is 0.323 e. The molecule has 5 nitrogen and oxygen atoms in total. The van der Waals surface area contributed by atoms with Gasteiger partial charge in [-0.3, -0.25) is 4.79 Å². The predicted octanol–water partition coefficient (Wildman–Crippen LogP) is 1.08. The van der Waals surface area contributed by atoms with Crippen LogP contribution in [-0.2, 0) is 4.79 Å². The van der Waals surface area contributed by atoms with Crippen LogP contribution >= 0.6 is 0 Å². The fourth-order valence-corrected chi connectivity index (χ4v) is 1.13. The van der Waals surface area contributed by atoms with Crippen molar-refractivity contribution in [3.05, 3.63) is 42.0 Å². The van der Waals surface area contributed by atoms with Gasteiger partial charge in [0.2, 0.25) is 0 Å². The molecule has 0 heterocycles. The second-order valence-electron chi connectivity index (χ2n) is 3.27. The largest absolute Gasteiger partial charge is 0.480 e. The first-order chi connectivity index (χ1) is 8.18. The Kier molecular flexibility index (Phi) is 5.30. The summed E-state index contributed by atoms with van der Waals surface area (Å²) < 4.78 is 0. The molecule has 0 unspecified atom stereocenters. The van der Waals surface area contributed by atoms with Crippen molar-refractivity contribution < 1.29 is 14.7 Å². The van der Waals surface area contributed by atoms with Crippen molar-refractivity contribution in [3.8, 4) is 0 Å². The van der Waals surface area contributed by atoms with Gasteiger partial charge in [-0.15, -0.1) is 0 Å². The molecule has 0 radical (unpaired) electrons. The summed E-state index contributed by atoms with van der Waals surface area (Å²) >= 11 is 0. The molecule has 0 saturated carbocycles. The molecular weight excluding hydrogens is 220 g/mol. The van der Waals surface area contributed by atoms with Crippen LogP contribution in [0.1, 0.15) is 5.56 Å². The highest BCUT2D eigenvalue weighted by Gasteiger charge is 2.00. The Morgan fingerprint density at radius 2 is 1.88 bits per heavy atom. The predicted molar refractivity (Wildman–Crippen MR) is 64.5 cm³/mol. The summed E-state index contributed by atoms with van der Waals surface area (Å²) in [5.74, 6) is -1.07. The molecule has 5 heteroatoms. The Bertz CT molecular complexity index is 401. The van der Waals surface area contributed by atoms with Gasteiger partial charge in [0.15, 0.2) is 0 Å². The lowest BCUT2D eigenvalue weighted by atomic mass is 10.2. The van der Waals surface area contributed by atoms with Gasteiger partial charge in [-0.1, -0.05) is 42.5 Å². The summed E-state index contributed by atoms with van der Waals surface area (Å²) in [6.07, 6.45) is 3.66. The van der Waals surface area contributed by atoms with E-state index in [4.69, 9.17) is 5.11 Å². The van der Waals surface area contributed by atoms with E-state index in [2.05, 4.69) is 10.6 Å². The number of benzene rings is 1. The number of amides is 2. The number of nitrogens with one attached hydrogen (secondary N) is 2. The summed E-state index contributed by atoms with van der Waals surface area (Å²) in [5, 5.41) is 13.0. The van der Waals surface area contributed by atoms with Crippen LogP contribution in [0.25, 0.3) is 6.08 Å². The number of carboxylic acid groups (broad SMARTS) is 1. The lowest BCUT2D eigenvalue weighted by molar-refractivity contribution is -0.135. The molecule has 1 rings (SSSR count). The molecule has 0 aliphatic heterocycles. The standard InChI is InChI=1S/C12H14N2O3/c15-11(16)9-14-12(17)13-8-4-7-10-5-2-1-3-6-10/h1-7H,8-9H2,(H,15,16)(H2,13,14,17)/b7-4+. The summed E-state index contributed by atoms with van der Waals surface area (Å²) in [7, 11) is 0. The van der Waals surface area contributed by atoms with Crippen LogP contribution in [-0.4, -0.2) is 30.2 Å². The number of hydrogen-bond acceptors (Lipinski definition) is 2. The molecular formula is C12H14N2O3. The van der Waals surface area contributed by atoms with Gasteiger partial charge in [-0.05, 0) is 5.56 Å². The number of hydrogen-bond donors (Lipinski definition) is 3. The number of carboxylic acids is 1. The van der Waals surface area contributed by atoms with Crippen LogP contribution in [0.5, 0.6) is 0 Å². The molecule has 0 aliphatic carbocycles. The minimum Gasteiger partial charge on any atom is -0.480 e. The Labute approximate surface area is 99.1 Å². The SMILES string of the molecule is O=C(O)CNC(=O)NC/C=C/c1ccccc1. The minimum atomic E-state index is -1.07. The van der Waals surface area contributed by atoms with Crippen LogP contribution < -0.4 is 10.6 Å². The molecule has 2 amide bonds. The van der Waals surface area contributed by atoms with E-state index >= 15 is 0 Å². The number of urea groups is 1. The molecule has 0 spiro atoms. The molecule has 17 heavy (non-hydrogen) atoms. The molecule has 3 N–H and O–H groups in total. The third kappa shape index (κ3) is 5.99. The highest BCUT2D eigenvalue weighted by molar-refractivity contribution is 5.79. The van der Waals surface area contributed by atoms with Crippen LogP contribution in [0.4, 0.5) is 4.79 Å². The van der Waals surface area contributed by atoms with Gasteiger partial charge in [0.1, 0.15) is 6.54 Å². The topological polar surface area (TPSA) is 78.4 Å². The third-order valence-electron chi connectivity index (χ3n) is 1.89. The lowest BCUT2D eigenvalue weighted by Crippen LogP contribution is -2.38. The van der Waals surface area contributed by atoms with E-state index in [0.717, 1.165) is 5.56 Å². The second-order valence-corrected chi connectivity index (χ2v) is 3.27. The summed E-state index contributed by atoms with van der Waals surface area (Å²) in [5.41, 5.74) is 1.04. The summed E-state index contributed by atoms with van der Waals surface area (Å²) in [6, 6.07) is 9.17. The van der Waals surface area contributed by atoms with Gasteiger partial charge in [0.25, 0.3) is 0 Å². The summed E-state index contributed by atoms with van der Waals surface area (Å²) in [4.78, 5) is 21.2. The summed E-state index contributed by atoms with van der Waals surface area (Å²) in [6.45, 7) is -0.0332. The van der Waals surface area contributed by atoms with Crippen LogP contribution in [0.15, 0.2) is 36.4 Å². The van der Waals surface area contributed by atoms with E-state index in [0.29, 0.717) is 6.54 Å². The Hall–Kier alpha value is -2.30. The molecule has 0 bridgehead atoms. The maximum absolute atomic E-state index is 11.0. The number of rotatable bonds is 5. The molecule has 90 valence electrons. The average molecular weight is 234 g/mol. The fourth-order valence-electron chi connectivity index (χ4n) is 1.13. The zero-order valence-electron chi connectivity index (χ0n) is 9.22. The highest BCUT2D eigenvalue weighted by Crippen LogP contribution is 1.99. The monoisotopic (exact) mass is 234 g/mol. The molecule has 0 aromatic heterocycles. The average Bonchev–Trinajstić information content (AvgIpc) is 2.33. The van der Waals surface area contributed by atoms with Crippen molar-refractivity contribution in [2.45, 2.75) is 0 Å². The van der Waals surface area contributed by atoms with Crippen molar-refractivity contribution >= 4 is 18.1 Å². The van der Waals surface area contributed by atoms with E-state index < -0.39 is 12.0 Å². The Morgan fingerprint density at radius 1 is 1.18 bits per heavy atom. The highest BCUT2D eigenvalue weighted by atomic mass is 16.4. The van der Waals surface area contributed by atoms with Crippen LogP contribution in [0.3, 0.4) is 0 Å². The first-order valence-corrected chi connectivity index (χ1v) is 5.13. The Morgan fingerprint density at radius 3 is 2.53 bits per heavy atom. The Balaban J connectivity index is 2.21. The molecule has 0 atom stereocenters. The van der Waals surface area contributed by atoms with E-state index in [1.807, 2.05) is 36.4 Å². The van der Waals surface area contributed by atoms with Crippen molar-refractivity contribution in [1.29, 1.82) is 0 Å². The van der Waals surface area contributed by atoms with E-state index in [9.17, 15) is 9.59 Å². The van der Waals surface area contributed by atoms with Gasteiger partial charge in [0, 0.05) is 6.54 Å². The van der Waals surface area contributed by atoms with Gasteiger partial charge in [-0.2, -0.15) is 0 Å². The maximum atomic E-state index is 11.0. The zero-order valence-corrected chi connectivity index (χ0v) is 9.22. The second kappa shape index (κ2) is 7.05. The van der Waals surface area contributed by atoms with Crippen molar-refractivity contribution in [2.75, 3.05) is 13.1 Å². The van der Waals surface area contributed by atoms with Crippen molar-refractivity contribution in [1.82, 2.24) is 10.6 Å². The first-order valence-electron chi connectivity index (χ1n) is 5.13. The molecule has 0 fully saturated rings. The number of carbonyl (C=O) groups excluding carboxylic acids is 1. The fraction of sp³-hybridized carbons (Fsp3) is 0.167. The van der Waals surface area contributed by atoms with Crippen LogP contribution in [0, 0.1) is 0 Å². The molecule has 1 aromatic carbocycles. The van der Waals surface area contributed by atoms with Crippen molar-refractivity contribution in [3.63, 3.8) is 0 Å². The van der Waals surface area contributed by atoms with Gasteiger partial charge >= 0.3 is 12.0 Å². The van der Waals surface area contributed by atoms with E-state index in [1.165, 1.54) is 0 Å².